The average molecular weight is 163 g/mol. The maximum absolute atomic E-state index is 5.59. The number of para-hydroxylation sites is 1. The van der Waals surface area contributed by atoms with E-state index in [0.29, 0.717) is 6.61 Å². The molecule has 1 aliphatic rings. The molecule has 0 aliphatic carbocycles. The van der Waals surface area contributed by atoms with E-state index in [2.05, 4.69) is 6.07 Å². The maximum atomic E-state index is 5.59. The maximum Gasteiger partial charge on any atom is 0.127 e. The second-order valence-corrected chi connectivity index (χ2v) is 2.83. The van der Waals surface area contributed by atoms with Crippen LogP contribution in [0.2, 0.25) is 0 Å². The minimum atomic E-state index is 0.226. The predicted octanol–water partition coefficient (Wildman–Crippen LogP) is 1.65. The lowest BCUT2D eigenvalue weighted by atomic mass is 10.3. The van der Waals surface area contributed by atoms with Gasteiger partial charge in [-0.15, -0.1) is 0 Å². The molecule has 2 nitrogen and oxygen atoms in total. The van der Waals surface area contributed by atoms with Crippen LogP contribution < -0.4 is 4.74 Å². The first-order valence-electron chi connectivity index (χ1n) is 4.16. The summed E-state index contributed by atoms with van der Waals surface area (Å²) in [5, 5.41) is 0. The van der Waals surface area contributed by atoms with Gasteiger partial charge in [-0.25, -0.2) is 0 Å². The van der Waals surface area contributed by atoms with Crippen LogP contribution in [0.1, 0.15) is 6.42 Å². The monoisotopic (exact) mass is 163 g/mol. The van der Waals surface area contributed by atoms with Crippen LogP contribution in [0.3, 0.4) is 0 Å². The minimum Gasteiger partial charge on any atom is -0.487 e. The molecular weight excluding hydrogens is 152 g/mol. The fourth-order valence-electron chi connectivity index (χ4n) is 1.24. The Morgan fingerprint density at radius 1 is 1.50 bits per heavy atom. The van der Waals surface area contributed by atoms with E-state index in [-0.39, 0.29) is 6.10 Å². The third-order valence-corrected chi connectivity index (χ3v) is 1.86. The molecule has 0 N–H and O–H groups in total. The molecule has 1 atom stereocenters. The lowest BCUT2D eigenvalue weighted by Crippen LogP contribution is -2.15. The quantitative estimate of drug-likeness (QED) is 0.660. The first-order valence-corrected chi connectivity index (χ1v) is 4.16. The van der Waals surface area contributed by atoms with Crippen LogP contribution in [0.4, 0.5) is 0 Å². The van der Waals surface area contributed by atoms with Crippen LogP contribution in [-0.2, 0) is 4.74 Å². The van der Waals surface area contributed by atoms with Gasteiger partial charge in [0.15, 0.2) is 0 Å². The Morgan fingerprint density at radius 3 is 3.17 bits per heavy atom. The van der Waals surface area contributed by atoms with Gasteiger partial charge in [0.1, 0.15) is 11.9 Å². The largest absolute Gasteiger partial charge is 0.487 e. The number of hydrogen-bond donors (Lipinski definition) is 0. The van der Waals surface area contributed by atoms with Gasteiger partial charge in [-0.2, -0.15) is 0 Å². The molecule has 0 aromatic heterocycles. The summed E-state index contributed by atoms with van der Waals surface area (Å²) < 4.78 is 10.8. The molecule has 1 aromatic carbocycles. The standard InChI is InChI=1S/C10H11O2/c1-2-4-9(5-3-1)12-10-6-7-11-8-10/h1-4,10H,6-8H2. The van der Waals surface area contributed by atoms with Crippen molar-refractivity contribution in [3.05, 3.63) is 30.3 Å². The van der Waals surface area contributed by atoms with E-state index in [4.69, 9.17) is 9.47 Å². The van der Waals surface area contributed by atoms with Crippen molar-refractivity contribution >= 4 is 0 Å². The minimum absolute atomic E-state index is 0.226. The van der Waals surface area contributed by atoms with Crippen molar-refractivity contribution in [1.29, 1.82) is 0 Å². The Morgan fingerprint density at radius 2 is 2.50 bits per heavy atom. The second-order valence-electron chi connectivity index (χ2n) is 2.83. The summed E-state index contributed by atoms with van der Waals surface area (Å²) in [5.41, 5.74) is 0. The van der Waals surface area contributed by atoms with Crippen LogP contribution in [0.15, 0.2) is 24.3 Å². The van der Waals surface area contributed by atoms with E-state index < -0.39 is 0 Å². The molecule has 1 unspecified atom stereocenters. The van der Waals surface area contributed by atoms with Gasteiger partial charge in [0.25, 0.3) is 0 Å². The van der Waals surface area contributed by atoms with E-state index in [9.17, 15) is 0 Å². The van der Waals surface area contributed by atoms with Crippen molar-refractivity contribution in [2.45, 2.75) is 12.5 Å². The second kappa shape index (κ2) is 3.59. The van der Waals surface area contributed by atoms with Gasteiger partial charge in [0.2, 0.25) is 0 Å². The molecule has 0 spiro atoms. The third-order valence-electron chi connectivity index (χ3n) is 1.86. The molecular formula is C10H11O2. The Bertz CT molecular complexity index is 227. The fourth-order valence-corrected chi connectivity index (χ4v) is 1.24. The van der Waals surface area contributed by atoms with Gasteiger partial charge in [-0.3, -0.25) is 0 Å². The molecule has 0 amide bonds. The zero-order valence-electron chi connectivity index (χ0n) is 6.82. The zero-order valence-corrected chi connectivity index (χ0v) is 6.82. The summed E-state index contributed by atoms with van der Waals surface area (Å²) in [6, 6.07) is 10.7. The highest BCUT2D eigenvalue weighted by molar-refractivity contribution is 5.19. The highest BCUT2D eigenvalue weighted by Gasteiger charge is 2.16. The third kappa shape index (κ3) is 1.77. The first-order chi connectivity index (χ1) is 5.95. The predicted molar refractivity (Wildman–Crippen MR) is 45.1 cm³/mol. The SMILES string of the molecule is [c]1ccccc1OC1CCOC1. The van der Waals surface area contributed by atoms with E-state index in [0.717, 1.165) is 18.8 Å². The summed E-state index contributed by atoms with van der Waals surface area (Å²) in [6.07, 6.45) is 1.21. The lowest BCUT2D eigenvalue weighted by Gasteiger charge is -2.10. The van der Waals surface area contributed by atoms with Crippen LogP contribution in [0.25, 0.3) is 0 Å². The van der Waals surface area contributed by atoms with Gasteiger partial charge < -0.3 is 9.47 Å². The van der Waals surface area contributed by atoms with E-state index in [1.54, 1.807) is 0 Å². The summed E-state index contributed by atoms with van der Waals surface area (Å²) in [6.45, 7) is 1.53. The van der Waals surface area contributed by atoms with E-state index in [1.807, 2.05) is 24.3 Å². The highest BCUT2D eigenvalue weighted by atomic mass is 16.5. The fraction of sp³-hybridized carbons (Fsp3) is 0.400. The van der Waals surface area contributed by atoms with Crippen LogP contribution in [0.5, 0.6) is 5.75 Å². The van der Waals surface area contributed by atoms with Gasteiger partial charge in [-0.05, 0) is 6.07 Å². The van der Waals surface area contributed by atoms with E-state index >= 15 is 0 Å². The van der Waals surface area contributed by atoms with Crippen molar-refractivity contribution < 1.29 is 9.47 Å². The van der Waals surface area contributed by atoms with Crippen LogP contribution in [-0.4, -0.2) is 19.3 Å². The van der Waals surface area contributed by atoms with Crippen molar-refractivity contribution in [2.24, 2.45) is 0 Å². The molecule has 12 heavy (non-hydrogen) atoms. The molecule has 1 heterocycles. The number of ether oxygens (including phenoxy) is 2. The molecule has 2 rings (SSSR count). The molecule has 2 heteroatoms. The Balaban J connectivity index is 1.94. The number of benzene rings is 1. The van der Waals surface area contributed by atoms with Crippen molar-refractivity contribution in [3.63, 3.8) is 0 Å². The van der Waals surface area contributed by atoms with Crippen LogP contribution in [0, 0.1) is 6.07 Å². The Hall–Kier alpha value is -1.02. The first kappa shape index (κ1) is 7.62. The molecule has 0 bridgehead atoms. The topological polar surface area (TPSA) is 18.5 Å². The molecule has 1 saturated heterocycles. The normalized spacial score (nSPS) is 22.5. The Kier molecular flexibility index (Phi) is 2.28. The zero-order chi connectivity index (χ0) is 8.23. The molecule has 0 saturated carbocycles. The van der Waals surface area contributed by atoms with Gasteiger partial charge in [0, 0.05) is 12.5 Å². The summed E-state index contributed by atoms with van der Waals surface area (Å²) in [4.78, 5) is 0. The lowest BCUT2D eigenvalue weighted by molar-refractivity contribution is 0.141. The molecule has 1 radical (unpaired) electrons. The summed E-state index contributed by atoms with van der Waals surface area (Å²) in [5.74, 6) is 0.813. The van der Waals surface area contributed by atoms with Crippen molar-refractivity contribution in [1.82, 2.24) is 0 Å². The molecule has 1 aromatic rings. The summed E-state index contributed by atoms with van der Waals surface area (Å²) >= 11 is 0. The van der Waals surface area contributed by atoms with Crippen molar-refractivity contribution in [3.8, 4) is 5.75 Å². The van der Waals surface area contributed by atoms with E-state index in [1.165, 1.54) is 0 Å². The molecule has 1 fully saturated rings. The highest BCUT2D eigenvalue weighted by Crippen LogP contribution is 2.14. The van der Waals surface area contributed by atoms with Crippen LogP contribution >= 0.6 is 0 Å². The number of rotatable bonds is 2. The Labute approximate surface area is 72.1 Å². The van der Waals surface area contributed by atoms with Gasteiger partial charge >= 0.3 is 0 Å². The molecule has 63 valence electrons. The van der Waals surface area contributed by atoms with Gasteiger partial charge in [0.05, 0.1) is 13.2 Å². The molecule has 1 aliphatic heterocycles. The smallest absolute Gasteiger partial charge is 0.127 e. The summed E-state index contributed by atoms with van der Waals surface area (Å²) in [7, 11) is 0. The number of hydrogen-bond acceptors (Lipinski definition) is 2. The van der Waals surface area contributed by atoms with Gasteiger partial charge in [-0.1, -0.05) is 18.2 Å². The van der Waals surface area contributed by atoms with Crippen molar-refractivity contribution in [2.75, 3.05) is 13.2 Å². The average Bonchev–Trinajstić information content (AvgIpc) is 2.59.